The molecule has 1 rings (SSSR count). The molecule has 0 atom stereocenters. The molecule has 0 aliphatic heterocycles. The van der Waals surface area contributed by atoms with Crippen molar-refractivity contribution in [3.05, 3.63) is 23.4 Å². The number of aliphatic hydroxyl groups is 1. The van der Waals surface area contributed by atoms with Crippen LogP contribution in [-0.2, 0) is 0 Å². The molecule has 4 heteroatoms. The topological polar surface area (TPSA) is 36.4 Å². The first kappa shape index (κ1) is 11.3. The van der Waals surface area contributed by atoms with Crippen LogP contribution in [0.25, 0.3) is 0 Å². The van der Waals surface area contributed by atoms with Crippen LogP contribution in [0.2, 0.25) is 5.15 Å². The van der Waals surface area contributed by atoms with E-state index < -0.39 is 5.60 Å². The maximum absolute atomic E-state index is 9.62. The number of hydrogen-bond acceptors (Lipinski definition) is 3. The van der Waals surface area contributed by atoms with Crippen LogP contribution in [0.1, 0.15) is 13.8 Å². The minimum Gasteiger partial charge on any atom is -0.389 e. The molecule has 1 N–H and O–H groups in total. The minimum atomic E-state index is -0.737. The first-order valence-corrected chi connectivity index (χ1v) is 4.82. The van der Waals surface area contributed by atoms with Gasteiger partial charge in [-0.15, -0.1) is 0 Å². The Morgan fingerprint density at radius 3 is 2.64 bits per heavy atom. The lowest BCUT2D eigenvalue weighted by molar-refractivity contribution is 0.0884. The lowest BCUT2D eigenvalue weighted by Gasteiger charge is -2.26. The summed E-state index contributed by atoms with van der Waals surface area (Å²) < 4.78 is 0. The Morgan fingerprint density at radius 1 is 1.50 bits per heavy atom. The first-order chi connectivity index (χ1) is 6.38. The molecule has 0 bridgehead atoms. The third kappa shape index (κ3) is 3.52. The van der Waals surface area contributed by atoms with Crippen molar-refractivity contribution in [3.8, 4) is 0 Å². The molecule has 0 amide bonds. The van der Waals surface area contributed by atoms with Crippen LogP contribution in [0.15, 0.2) is 18.2 Å². The highest BCUT2D eigenvalue weighted by Crippen LogP contribution is 2.15. The number of likely N-dealkylation sites (N-methyl/N-ethyl adjacent to an activating group) is 1. The second-order valence-corrected chi connectivity index (χ2v) is 4.37. The summed E-state index contributed by atoms with van der Waals surface area (Å²) in [5.41, 5.74) is -0.737. The molecule has 0 aliphatic carbocycles. The zero-order valence-corrected chi connectivity index (χ0v) is 9.41. The van der Waals surface area contributed by atoms with Gasteiger partial charge in [-0.05, 0) is 26.0 Å². The molecule has 0 radical (unpaired) electrons. The van der Waals surface area contributed by atoms with Crippen LogP contribution in [-0.4, -0.2) is 29.3 Å². The summed E-state index contributed by atoms with van der Waals surface area (Å²) in [5.74, 6) is 0.764. The molecule has 78 valence electrons. The lowest BCUT2D eigenvalue weighted by atomic mass is 10.1. The van der Waals surface area contributed by atoms with Crippen LogP contribution in [0, 0.1) is 0 Å². The highest BCUT2D eigenvalue weighted by Gasteiger charge is 2.16. The Hall–Kier alpha value is -0.800. The molecule has 0 aromatic carbocycles. The van der Waals surface area contributed by atoms with Crippen molar-refractivity contribution in [2.75, 3.05) is 18.5 Å². The van der Waals surface area contributed by atoms with Gasteiger partial charge < -0.3 is 10.0 Å². The average molecular weight is 215 g/mol. The molecule has 1 aromatic rings. The summed E-state index contributed by atoms with van der Waals surface area (Å²) in [6.45, 7) is 4.03. The number of halogens is 1. The average Bonchev–Trinajstić information content (AvgIpc) is 2.01. The summed E-state index contributed by atoms with van der Waals surface area (Å²) >= 11 is 5.76. The Balaban J connectivity index is 2.74. The number of hydrogen-bond donors (Lipinski definition) is 1. The summed E-state index contributed by atoms with van der Waals surface area (Å²) in [5, 5.41) is 10.1. The van der Waals surface area contributed by atoms with Gasteiger partial charge in [0.15, 0.2) is 0 Å². The summed E-state index contributed by atoms with van der Waals surface area (Å²) in [6.07, 6.45) is 0. The minimum absolute atomic E-state index is 0.463. The van der Waals surface area contributed by atoms with E-state index in [4.69, 9.17) is 11.6 Å². The van der Waals surface area contributed by atoms with E-state index in [-0.39, 0.29) is 0 Å². The fourth-order valence-electron chi connectivity index (χ4n) is 1.27. The summed E-state index contributed by atoms with van der Waals surface area (Å²) in [7, 11) is 1.87. The standard InChI is InChI=1S/C10H15ClN2O/c1-10(2,14)7-13(3)9-6-4-5-8(11)12-9/h4-6,14H,7H2,1-3H3. The summed E-state index contributed by atoms with van der Waals surface area (Å²) in [6, 6.07) is 5.42. The van der Waals surface area contributed by atoms with Gasteiger partial charge in [0.2, 0.25) is 0 Å². The fourth-order valence-corrected chi connectivity index (χ4v) is 1.43. The molecular formula is C10H15ClN2O. The second kappa shape index (κ2) is 4.15. The molecule has 0 unspecified atom stereocenters. The third-order valence-electron chi connectivity index (χ3n) is 1.72. The molecule has 1 heterocycles. The van der Waals surface area contributed by atoms with Crippen LogP contribution in [0.4, 0.5) is 5.82 Å². The van der Waals surface area contributed by atoms with E-state index >= 15 is 0 Å². The maximum Gasteiger partial charge on any atom is 0.131 e. The summed E-state index contributed by atoms with van der Waals surface area (Å²) in [4.78, 5) is 6.00. The normalized spacial score (nSPS) is 11.5. The van der Waals surface area contributed by atoms with Gasteiger partial charge in [-0.1, -0.05) is 17.7 Å². The van der Waals surface area contributed by atoms with Crippen molar-refractivity contribution in [3.63, 3.8) is 0 Å². The number of pyridine rings is 1. The monoisotopic (exact) mass is 214 g/mol. The number of rotatable bonds is 3. The van der Waals surface area contributed by atoms with Crippen molar-refractivity contribution in [1.29, 1.82) is 0 Å². The van der Waals surface area contributed by atoms with Gasteiger partial charge in [-0.3, -0.25) is 0 Å². The van der Waals surface area contributed by atoms with Crippen LogP contribution >= 0.6 is 11.6 Å². The van der Waals surface area contributed by atoms with E-state index in [0.717, 1.165) is 5.82 Å². The third-order valence-corrected chi connectivity index (χ3v) is 1.93. The molecule has 0 fully saturated rings. The lowest BCUT2D eigenvalue weighted by Crippen LogP contribution is -2.36. The van der Waals surface area contributed by atoms with Crippen molar-refractivity contribution in [1.82, 2.24) is 4.98 Å². The molecule has 0 spiro atoms. The number of aromatic nitrogens is 1. The zero-order valence-electron chi connectivity index (χ0n) is 8.66. The van der Waals surface area contributed by atoms with Crippen molar-refractivity contribution in [2.24, 2.45) is 0 Å². The fraction of sp³-hybridized carbons (Fsp3) is 0.500. The first-order valence-electron chi connectivity index (χ1n) is 4.44. The molecule has 0 saturated carbocycles. The molecular weight excluding hydrogens is 200 g/mol. The van der Waals surface area contributed by atoms with Gasteiger partial charge in [0.05, 0.1) is 5.60 Å². The van der Waals surface area contributed by atoms with Crippen LogP contribution < -0.4 is 4.90 Å². The Labute approximate surface area is 89.3 Å². The van der Waals surface area contributed by atoms with Crippen LogP contribution in [0.5, 0.6) is 0 Å². The molecule has 0 aliphatic rings. The quantitative estimate of drug-likeness (QED) is 0.782. The Morgan fingerprint density at radius 2 is 2.14 bits per heavy atom. The Bertz CT molecular complexity index is 309. The van der Waals surface area contributed by atoms with E-state index in [0.29, 0.717) is 11.7 Å². The van der Waals surface area contributed by atoms with Crippen molar-refractivity contribution < 1.29 is 5.11 Å². The maximum atomic E-state index is 9.62. The van der Waals surface area contributed by atoms with Gasteiger partial charge in [0.1, 0.15) is 11.0 Å². The molecule has 1 aromatic heterocycles. The second-order valence-electron chi connectivity index (χ2n) is 3.99. The van der Waals surface area contributed by atoms with Gasteiger partial charge in [-0.25, -0.2) is 4.98 Å². The van der Waals surface area contributed by atoms with Gasteiger partial charge in [0.25, 0.3) is 0 Å². The van der Waals surface area contributed by atoms with Crippen molar-refractivity contribution in [2.45, 2.75) is 19.4 Å². The van der Waals surface area contributed by atoms with E-state index in [2.05, 4.69) is 4.98 Å². The van der Waals surface area contributed by atoms with Gasteiger partial charge in [-0.2, -0.15) is 0 Å². The predicted octanol–water partition coefficient (Wildman–Crippen LogP) is 1.94. The zero-order chi connectivity index (χ0) is 10.8. The Kier molecular flexibility index (Phi) is 3.34. The van der Waals surface area contributed by atoms with E-state index in [1.165, 1.54) is 0 Å². The SMILES string of the molecule is CN(CC(C)(C)O)c1cccc(Cl)n1. The largest absolute Gasteiger partial charge is 0.389 e. The number of nitrogens with zero attached hydrogens (tertiary/aromatic N) is 2. The molecule has 3 nitrogen and oxygen atoms in total. The van der Waals surface area contributed by atoms with E-state index in [1.807, 2.05) is 24.1 Å². The van der Waals surface area contributed by atoms with Gasteiger partial charge >= 0.3 is 0 Å². The highest BCUT2D eigenvalue weighted by atomic mass is 35.5. The highest BCUT2D eigenvalue weighted by molar-refractivity contribution is 6.29. The smallest absolute Gasteiger partial charge is 0.131 e. The van der Waals surface area contributed by atoms with Gasteiger partial charge in [0, 0.05) is 13.6 Å². The van der Waals surface area contributed by atoms with E-state index in [1.54, 1.807) is 19.9 Å². The molecule has 0 saturated heterocycles. The number of anilines is 1. The predicted molar refractivity (Wildman–Crippen MR) is 58.8 cm³/mol. The van der Waals surface area contributed by atoms with Crippen molar-refractivity contribution >= 4 is 17.4 Å². The van der Waals surface area contributed by atoms with Crippen LogP contribution in [0.3, 0.4) is 0 Å². The molecule has 14 heavy (non-hydrogen) atoms. The van der Waals surface area contributed by atoms with E-state index in [9.17, 15) is 5.11 Å².